The Balaban J connectivity index is 2.34. The van der Waals surface area contributed by atoms with Crippen molar-refractivity contribution >= 4 is 27.6 Å². The van der Waals surface area contributed by atoms with Gasteiger partial charge in [-0.1, -0.05) is 45.0 Å². The van der Waals surface area contributed by atoms with Crippen LogP contribution in [0.2, 0.25) is 0 Å². The Morgan fingerprint density at radius 1 is 0.905 bits per heavy atom. The average Bonchev–Trinajstić information content (AvgIpc) is 2.85. The molecular formula is C18H17N3. The molecule has 0 spiro atoms. The van der Waals surface area contributed by atoms with Crippen LogP contribution in [0.5, 0.6) is 0 Å². The third-order valence-corrected chi connectivity index (χ3v) is 3.86. The lowest BCUT2D eigenvalue weighted by Gasteiger charge is -2.19. The van der Waals surface area contributed by atoms with Crippen molar-refractivity contribution in [1.29, 1.82) is 0 Å². The molecule has 0 unspecified atom stereocenters. The Labute approximate surface area is 123 Å². The first-order valence-corrected chi connectivity index (χ1v) is 7.22. The molecule has 0 saturated heterocycles. The molecule has 4 rings (SSSR count). The fraction of sp³-hybridized carbons (Fsp3) is 0.222. The van der Waals surface area contributed by atoms with E-state index in [4.69, 9.17) is 9.97 Å². The first-order valence-electron chi connectivity index (χ1n) is 7.22. The van der Waals surface area contributed by atoms with Gasteiger partial charge in [0.15, 0.2) is 0 Å². The van der Waals surface area contributed by atoms with Crippen molar-refractivity contribution in [2.75, 3.05) is 0 Å². The number of hydrogen-bond acceptors (Lipinski definition) is 2. The normalized spacial score (nSPS) is 12.5. The fourth-order valence-electron chi connectivity index (χ4n) is 2.88. The molecule has 0 fully saturated rings. The largest absolute Gasteiger partial charge is 0.298 e. The zero-order valence-corrected chi connectivity index (χ0v) is 12.5. The lowest BCUT2D eigenvalue weighted by molar-refractivity contribution is 0.576. The van der Waals surface area contributed by atoms with Crippen molar-refractivity contribution < 1.29 is 0 Å². The number of imidazole rings is 1. The molecule has 0 amide bonds. The highest BCUT2D eigenvalue weighted by atomic mass is 15.0. The molecule has 0 atom stereocenters. The first kappa shape index (κ1) is 12.3. The summed E-state index contributed by atoms with van der Waals surface area (Å²) in [6.45, 7) is 6.60. The highest BCUT2D eigenvalue weighted by Gasteiger charge is 2.23. The van der Waals surface area contributed by atoms with Gasteiger partial charge in [0, 0.05) is 17.0 Å². The minimum absolute atomic E-state index is 0.0336. The summed E-state index contributed by atoms with van der Waals surface area (Å²) in [6.07, 6.45) is 2.07. The summed E-state index contributed by atoms with van der Waals surface area (Å²) in [4.78, 5) is 9.78. The highest BCUT2D eigenvalue weighted by Crippen LogP contribution is 2.33. The molecular weight excluding hydrogens is 258 g/mol. The predicted octanol–water partition coefficient (Wildman–Crippen LogP) is 4.33. The molecule has 0 aliphatic rings. The fourth-order valence-corrected chi connectivity index (χ4v) is 2.88. The molecule has 3 heterocycles. The summed E-state index contributed by atoms with van der Waals surface area (Å²) in [6, 6.07) is 14.3. The minimum atomic E-state index is -0.0336. The summed E-state index contributed by atoms with van der Waals surface area (Å²) < 4.78 is 2.15. The number of hydrogen-bond donors (Lipinski definition) is 0. The van der Waals surface area contributed by atoms with Crippen molar-refractivity contribution in [3.05, 3.63) is 54.4 Å². The van der Waals surface area contributed by atoms with Crippen LogP contribution in [-0.4, -0.2) is 14.4 Å². The van der Waals surface area contributed by atoms with Gasteiger partial charge in [-0.15, -0.1) is 0 Å². The van der Waals surface area contributed by atoms with E-state index in [1.165, 1.54) is 0 Å². The maximum Gasteiger partial charge on any atom is 0.137 e. The monoisotopic (exact) mass is 275 g/mol. The zero-order chi connectivity index (χ0) is 14.6. The number of fused-ring (bicyclic) bond motifs is 5. The molecule has 4 aromatic rings. The van der Waals surface area contributed by atoms with E-state index in [9.17, 15) is 0 Å². The van der Waals surface area contributed by atoms with Crippen LogP contribution in [0.25, 0.3) is 27.6 Å². The Morgan fingerprint density at radius 3 is 2.48 bits per heavy atom. The van der Waals surface area contributed by atoms with Crippen molar-refractivity contribution in [3.63, 3.8) is 0 Å². The molecule has 21 heavy (non-hydrogen) atoms. The SMILES string of the molecule is CC(C)(C)c1nc2ccccc2c2nc3ccccn3c12. The molecule has 3 nitrogen and oxygen atoms in total. The van der Waals surface area contributed by atoms with Crippen LogP contribution in [0.4, 0.5) is 0 Å². The molecule has 104 valence electrons. The molecule has 3 aromatic heterocycles. The number of pyridine rings is 2. The summed E-state index contributed by atoms with van der Waals surface area (Å²) >= 11 is 0. The summed E-state index contributed by atoms with van der Waals surface area (Å²) in [5, 5.41) is 1.12. The molecule has 1 aromatic carbocycles. The number of benzene rings is 1. The van der Waals surface area contributed by atoms with Crippen LogP contribution in [0.1, 0.15) is 26.5 Å². The number of rotatable bonds is 0. The van der Waals surface area contributed by atoms with Gasteiger partial charge in [0.05, 0.1) is 16.7 Å². The smallest absolute Gasteiger partial charge is 0.137 e. The van der Waals surface area contributed by atoms with Gasteiger partial charge in [-0.05, 0) is 18.2 Å². The maximum atomic E-state index is 4.94. The van der Waals surface area contributed by atoms with Crippen LogP contribution >= 0.6 is 0 Å². The highest BCUT2D eigenvalue weighted by molar-refractivity contribution is 6.04. The van der Waals surface area contributed by atoms with Gasteiger partial charge in [0.1, 0.15) is 11.2 Å². The van der Waals surface area contributed by atoms with E-state index in [-0.39, 0.29) is 5.41 Å². The van der Waals surface area contributed by atoms with E-state index in [1.54, 1.807) is 0 Å². The average molecular weight is 275 g/mol. The third kappa shape index (κ3) is 1.74. The van der Waals surface area contributed by atoms with Gasteiger partial charge in [0.25, 0.3) is 0 Å². The predicted molar refractivity (Wildman–Crippen MR) is 86.7 cm³/mol. The Bertz CT molecular complexity index is 974. The minimum Gasteiger partial charge on any atom is -0.298 e. The summed E-state index contributed by atoms with van der Waals surface area (Å²) in [7, 11) is 0. The quantitative estimate of drug-likeness (QED) is 0.478. The lowest BCUT2D eigenvalue weighted by atomic mass is 9.90. The van der Waals surface area contributed by atoms with Gasteiger partial charge in [-0.2, -0.15) is 0 Å². The van der Waals surface area contributed by atoms with Crippen LogP contribution < -0.4 is 0 Å². The van der Waals surface area contributed by atoms with Gasteiger partial charge in [-0.3, -0.25) is 4.40 Å². The van der Waals surface area contributed by atoms with E-state index in [2.05, 4.69) is 43.5 Å². The van der Waals surface area contributed by atoms with E-state index in [0.29, 0.717) is 0 Å². The molecule has 0 saturated carbocycles. The molecule has 0 bridgehead atoms. The van der Waals surface area contributed by atoms with Crippen LogP contribution in [0.15, 0.2) is 48.7 Å². The van der Waals surface area contributed by atoms with E-state index >= 15 is 0 Å². The maximum absolute atomic E-state index is 4.94. The van der Waals surface area contributed by atoms with Crippen molar-refractivity contribution in [2.45, 2.75) is 26.2 Å². The molecule has 0 radical (unpaired) electrons. The standard InChI is InChI=1S/C18H17N3/c1-18(2,3)17-16-15(12-8-4-5-9-13(12)19-17)20-14-10-6-7-11-21(14)16/h4-11H,1-3H3. The Morgan fingerprint density at radius 2 is 1.67 bits per heavy atom. The van der Waals surface area contributed by atoms with Crippen LogP contribution in [-0.2, 0) is 5.41 Å². The summed E-state index contributed by atoms with van der Waals surface area (Å²) in [5.41, 5.74) is 5.20. The lowest BCUT2D eigenvalue weighted by Crippen LogP contribution is -2.15. The number of para-hydroxylation sites is 1. The second kappa shape index (κ2) is 4.04. The topological polar surface area (TPSA) is 30.2 Å². The zero-order valence-electron chi connectivity index (χ0n) is 12.5. The van der Waals surface area contributed by atoms with Gasteiger partial charge in [0.2, 0.25) is 0 Å². The Hall–Kier alpha value is -2.42. The first-order chi connectivity index (χ1) is 10.1. The van der Waals surface area contributed by atoms with E-state index in [1.807, 2.05) is 30.3 Å². The summed E-state index contributed by atoms with van der Waals surface area (Å²) in [5.74, 6) is 0. The van der Waals surface area contributed by atoms with Gasteiger partial charge in [-0.25, -0.2) is 9.97 Å². The van der Waals surface area contributed by atoms with E-state index < -0.39 is 0 Å². The van der Waals surface area contributed by atoms with E-state index in [0.717, 1.165) is 33.3 Å². The molecule has 0 N–H and O–H groups in total. The third-order valence-electron chi connectivity index (χ3n) is 3.86. The van der Waals surface area contributed by atoms with Gasteiger partial charge < -0.3 is 0 Å². The second-order valence-corrected chi connectivity index (χ2v) is 6.47. The Kier molecular flexibility index (Phi) is 2.37. The van der Waals surface area contributed by atoms with Gasteiger partial charge >= 0.3 is 0 Å². The van der Waals surface area contributed by atoms with Crippen molar-refractivity contribution in [3.8, 4) is 0 Å². The molecule has 0 aliphatic carbocycles. The van der Waals surface area contributed by atoms with Crippen LogP contribution in [0, 0.1) is 0 Å². The van der Waals surface area contributed by atoms with Crippen LogP contribution in [0.3, 0.4) is 0 Å². The molecule has 3 heteroatoms. The number of nitrogens with zero attached hydrogens (tertiary/aromatic N) is 3. The molecule has 0 aliphatic heterocycles. The van der Waals surface area contributed by atoms with Crippen molar-refractivity contribution in [1.82, 2.24) is 14.4 Å². The number of aromatic nitrogens is 3. The second-order valence-electron chi connectivity index (χ2n) is 6.47. The van der Waals surface area contributed by atoms with Crippen molar-refractivity contribution in [2.24, 2.45) is 0 Å².